The van der Waals surface area contributed by atoms with Crippen molar-refractivity contribution in [2.45, 2.75) is 39.7 Å². The summed E-state index contributed by atoms with van der Waals surface area (Å²) in [6.07, 6.45) is 2.07. The Morgan fingerprint density at radius 3 is 2.71 bits per heavy atom. The van der Waals surface area contributed by atoms with Gasteiger partial charge in [-0.15, -0.1) is 0 Å². The largest absolute Gasteiger partial charge is 0.491 e. The summed E-state index contributed by atoms with van der Waals surface area (Å²) in [5.74, 6) is 2.02. The minimum absolute atomic E-state index is 0.138. The average molecular weight is 397 g/mol. The van der Waals surface area contributed by atoms with E-state index in [1.807, 2.05) is 38.1 Å². The summed E-state index contributed by atoms with van der Waals surface area (Å²) in [4.78, 5) is 9.07. The summed E-state index contributed by atoms with van der Waals surface area (Å²) >= 11 is 2.21. The first-order valence-corrected chi connectivity index (χ1v) is 8.18. The van der Waals surface area contributed by atoms with Crippen LogP contribution in [0.15, 0.2) is 24.3 Å². The molecule has 2 aromatic rings. The molecule has 5 heteroatoms. The second kappa shape index (κ2) is 7.06. The van der Waals surface area contributed by atoms with Crippen LogP contribution < -0.4 is 10.5 Å². The normalized spacial score (nSPS) is 10.9. The first-order valence-electron chi connectivity index (χ1n) is 7.10. The van der Waals surface area contributed by atoms with Crippen molar-refractivity contribution in [3.05, 3.63) is 33.5 Å². The highest BCUT2D eigenvalue weighted by Crippen LogP contribution is 2.26. The molecule has 112 valence electrons. The molecule has 0 spiro atoms. The first-order chi connectivity index (χ1) is 10.0. The van der Waals surface area contributed by atoms with Gasteiger partial charge in [0.05, 0.1) is 15.4 Å². The number of aromatic nitrogens is 2. The standard InChI is InChI=1S/C16H20IN3O/c1-4-6-13-14(17)15(18)20-16(19-13)11-7-5-8-12(9-11)21-10(2)3/h5,7-10H,4,6H2,1-3H3,(H2,18,19,20). The number of anilines is 1. The average Bonchev–Trinajstić information content (AvgIpc) is 2.43. The molecule has 2 rings (SSSR count). The number of hydrogen-bond donors (Lipinski definition) is 1. The van der Waals surface area contributed by atoms with Gasteiger partial charge in [-0.1, -0.05) is 25.5 Å². The van der Waals surface area contributed by atoms with Gasteiger partial charge < -0.3 is 10.5 Å². The lowest BCUT2D eigenvalue weighted by molar-refractivity contribution is 0.242. The molecule has 2 N–H and O–H groups in total. The molecule has 4 nitrogen and oxygen atoms in total. The van der Waals surface area contributed by atoms with E-state index in [1.165, 1.54) is 0 Å². The van der Waals surface area contributed by atoms with Crippen molar-refractivity contribution in [2.75, 3.05) is 5.73 Å². The number of aryl methyl sites for hydroxylation is 1. The van der Waals surface area contributed by atoms with Crippen LogP contribution in [0.1, 0.15) is 32.9 Å². The summed E-state index contributed by atoms with van der Waals surface area (Å²) in [7, 11) is 0. The molecule has 21 heavy (non-hydrogen) atoms. The van der Waals surface area contributed by atoms with Crippen molar-refractivity contribution >= 4 is 28.4 Å². The van der Waals surface area contributed by atoms with Crippen molar-refractivity contribution in [1.29, 1.82) is 0 Å². The lowest BCUT2D eigenvalue weighted by Gasteiger charge is -2.12. The minimum atomic E-state index is 0.138. The Labute approximate surface area is 139 Å². The van der Waals surface area contributed by atoms with E-state index in [1.54, 1.807) is 0 Å². The van der Waals surface area contributed by atoms with Gasteiger partial charge in [0.15, 0.2) is 5.82 Å². The first kappa shape index (κ1) is 16.0. The fourth-order valence-corrected chi connectivity index (χ4v) is 2.54. The fraction of sp³-hybridized carbons (Fsp3) is 0.375. The molecule has 0 saturated carbocycles. The molecule has 0 amide bonds. The molecule has 0 atom stereocenters. The summed E-state index contributed by atoms with van der Waals surface area (Å²) in [5.41, 5.74) is 7.95. The molecule has 0 unspecified atom stereocenters. The summed E-state index contributed by atoms with van der Waals surface area (Å²) in [6, 6.07) is 7.82. The quantitative estimate of drug-likeness (QED) is 0.773. The fourth-order valence-electron chi connectivity index (χ4n) is 2.03. The second-order valence-corrected chi connectivity index (χ2v) is 6.22. The highest BCUT2D eigenvalue weighted by atomic mass is 127. The number of ether oxygens (including phenoxy) is 1. The smallest absolute Gasteiger partial charge is 0.161 e. The van der Waals surface area contributed by atoms with Gasteiger partial charge in [0.1, 0.15) is 11.6 Å². The van der Waals surface area contributed by atoms with Crippen LogP contribution in [0.5, 0.6) is 5.75 Å². The lowest BCUT2D eigenvalue weighted by Crippen LogP contribution is -2.06. The Morgan fingerprint density at radius 1 is 1.29 bits per heavy atom. The van der Waals surface area contributed by atoms with E-state index >= 15 is 0 Å². The van der Waals surface area contributed by atoms with Gasteiger partial charge in [0.25, 0.3) is 0 Å². The third-order valence-corrected chi connectivity index (χ3v) is 4.07. The van der Waals surface area contributed by atoms with Crippen LogP contribution in [0.4, 0.5) is 5.82 Å². The van der Waals surface area contributed by atoms with E-state index in [9.17, 15) is 0 Å². The van der Waals surface area contributed by atoms with Crippen molar-refractivity contribution in [2.24, 2.45) is 0 Å². The van der Waals surface area contributed by atoms with Gasteiger partial charge >= 0.3 is 0 Å². The van der Waals surface area contributed by atoms with Crippen molar-refractivity contribution < 1.29 is 4.74 Å². The molecule has 0 aliphatic heterocycles. The maximum Gasteiger partial charge on any atom is 0.161 e. The predicted molar refractivity (Wildman–Crippen MR) is 94.4 cm³/mol. The van der Waals surface area contributed by atoms with Crippen LogP contribution in [0.3, 0.4) is 0 Å². The van der Waals surface area contributed by atoms with E-state index in [0.717, 1.165) is 33.4 Å². The molecule has 1 aromatic heterocycles. The monoisotopic (exact) mass is 397 g/mol. The zero-order valence-electron chi connectivity index (χ0n) is 12.6. The van der Waals surface area contributed by atoms with Crippen molar-refractivity contribution in [3.63, 3.8) is 0 Å². The highest BCUT2D eigenvalue weighted by Gasteiger charge is 2.11. The summed E-state index contributed by atoms with van der Waals surface area (Å²) in [6.45, 7) is 6.14. The number of hydrogen-bond acceptors (Lipinski definition) is 4. The van der Waals surface area contributed by atoms with Crippen LogP contribution in [-0.4, -0.2) is 16.1 Å². The van der Waals surface area contributed by atoms with Crippen LogP contribution in [0, 0.1) is 3.57 Å². The molecule has 1 aromatic carbocycles. The SMILES string of the molecule is CCCc1nc(-c2cccc(OC(C)C)c2)nc(N)c1I. The molecule has 0 aliphatic carbocycles. The molecule has 1 heterocycles. The Hall–Kier alpha value is -1.37. The number of benzene rings is 1. The third kappa shape index (κ3) is 4.06. The van der Waals surface area contributed by atoms with Gasteiger partial charge in [-0.3, -0.25) is 0 Å². The molecule has 0 aliphatic rings. The Bertz CT molecular complexity index is 629. The number of rotatable bonds is 5. The maximum absolute atomic E-state index is 6.02. The van der Waals surface area contributed by atoms with Gasteiger partial charge in [0, 0.05) is 5.56 Å². The van der Waals surface area contributed by atoms with Gasteiger partial charge in [-0.05, 0) is 55.0 Å². The Morgan fingerprint density at radius 2 is 2.05 bits per heavy atom. The van der Waals surface area contributed by atoms with Gasteiger partial charge in [-0.25, -0.2) is 9.97 Å². The van der Waals surface area contributed by atoms with Crippen molar-refractivity contribution in [1.82, 2.24) is 9.97 Å². The topological polar surface area (TPSA) is 61.0 Å². The predicted octanol–water partition coefficient (Wildman–Crippen LogP) is 4.07. The van der Waals surface area contributed by atoms with Gasteiger partial charge in [0.2, 0.25) is 0 Å². The van der Waals surface area contributed by atoms with E-state index in [0.29, 0.717) is 11.6 Å². The molecule has 0 radical (unpaired) electrons. The van der Waals surface area contributed by atoms with E-state index < -0.39 is 0 Å². The molecule has 0 bridgehead atoms. The Kier molecular flexibility index (Phi) is 5.39. The van der Waals surface area contributed by atoms with E-state index in [4.69, 9.17) is 10.5 Å². The third-order valence-electron chi connectivity index (χ3n) is 2.90. The second-order valence-electron chi connectivity index (χ2n) is 5.14. The highest BCUT2D eigenvalue weighted by molar-refractivity contribution is 14.1. The summed E-state index contributed by atoms with van der Waals surface area (Å²) in [5, 5.41) is 0. The van der Waals surface area contributed by atoms with Crippen LogP contribution in [-0.2, 0) is 6.42 Å². The van der Waals surface area contributed by atoms with Crippen molar-refractivity contribution in [3.8, 4) is 17.1 Å². The molecule has 0 saturated heterocycles. The number of halogens is 1. The van der Waals surface area contributed by atoms with Crippen LogP contribution in [0.25, 0.3) is 11.4 Å². The van der Waals surface area contributed by atoms with E-state index in [2.05, 4.69) is 39.5 Å². The number of nitrogens with two attached hydrogens (primary N) is 1. The summed E-state index contributed by atoms with van der Waals surface area (Å²) < 4.78 is 6.67. The zero-order chi connectivity index (χ0) is 15.4. The zero-order valence-corrected chi connectivity index (χ0v) is 14.7. The number of nitrogen functional groups attached to an aromatic ring is 1. The van der Waals surface area contributed by atoms with Crippen LogP contribution in [0.2, 0.25) is 0 Å². The minimum Gasteiger partial charge on any atom is -0.491 e. The maximum atomic E-state index is 6.02. The lowest BCUT2D eigenvalue weighted by atomic mass is 10.2. The van der Waals surface area contributed by atoms with Crippen LogP contribution >= 0.6 is 22.6 Å². The molecular formula is C16H20IN3O. The molecule has 0 fully saturated rings. The van der Waals surface area contributed by atoms with E-state index in [-0.39, 0.29) is 6.10 Å². The number of nitrogens with zero attached hydrogens (tertiary/aromatic N) is 2. The molecular weight excluding hydrogens is 377 g/mol. The Balaban J connectivity index is 2.41. The van der Waals surface area contributed by atoms with Gasteiger partial charge in [-0.2, -0.15) is 0 Å².